The second kappa shape index (κ2) is 12.4. The van der Waals surface area contributed by atoms with Crippen LogP contribution in [-0.4, -0.2) is 59.3 Å². The maximum absolute atomic E-state index is 14.0. The van der Waals surface area contributed by atoms with Gasteiger partial charge in [-0.05, 0) is 56.0 Å². The topological polar surface area (TPSA) is 107 Å². The molecule has 1 aromatic heterocycles. The lowest BCUT2D eigenvalue weighted by Crippen LogP contribution is -2.40. The van der Waals surface area contributed by atoms with E-state index in [1.165, 1.54) is 12.1 Å². The fraction of sp³-hybridized carbons (Fsp3) is 0.360. The summed E-state index contributed by atoms with van der Waals surface area (Å²) in [6, 6.07) is 12.7. The molecule has 1 fully saturated rings. The Morgan fingerprint density at radius 2 is 1.63 bits per heavy atom. The van der Waals surface area contributed by atoms with Crippen LogP contribution in [0.5, 0.6) is 0 Å². The number of hydrogen-bond donors (Lipinski definition) is 3. The van der Waals surface area contributed by atoms with Crippen LogP contribution in [-0.2, 0) is 4.79 Å². The van der Waals surface area contributed by atoms with E-state index >= 15 is 0 Å². The van der Waals surface area contributed by atoms with Crippen molar-refractivity contribution in [3.05, 3.63) is 58.3 Å². The number of aromatic nitrogens is 2. The minimum atomic E-state index is -5.08. The number of para-hydroxylation sites is 1. The van der Waals surface area contributed by atoms with Gasteiger partial charge < -0.3 is 20.6 Å². The van der Waals surface area contributed by atoms with Crippen molar-refractivity contribution in [2.75, 3.05) is 24.3 Å². The molecule has 1 saturated carbocycles. The van der Waals surface area contributed by atoms with E-state index in [1.54, 1.807) is 6.07 Å². The highest BCUT2D eigenvalue weighted by atomic mass is 79.9. The molecule has 0 atom stereocenters. The summed E-state index contributed by atoms with van der Waals surface area (Å²) in [6.07, 6.45) is -1.70. The number of aliphatic carboxylic acids is 1. The number of alkyl halides is 3. The van der Waals surface area contributed by atoms with Crippen LogP contribution >= 0.6 is 15.9 Å². The number of rotatable bonds is 5. The summed E-state index contributed by atoms with van der Waals surface area (Å²) in [5, 5.41) is 14.6. The molecule has 38 heavy (non-hydrogen) atoms. The van der Waals surface area contributed by atoms with Crippen molar-refractivity contribution in [2.24, 2.45) is 0 Å². The second-order valence-electron chi connectivity index (χ2n) is 8.88. The molecule has 1 amide bonds. The number of carboxylic acid groups (broad SMARTS) is 1. The number of carbonyl (C=O) groups excluding carboxylic acids is 1. The van der Waals surface area contributed by atoms with Crippen molar-refractivity contribution in [1.29, 1.82) is 0 Å². The number of nitrogens with one attached hydrogen (secondary N) is 2. The van der Waals surface area contributed by atoms with Gasteiger partial charge in [0.1, 0.15) is 11.6 Å². The fourth-order valence-electron chi connectivity index (χ4n) is 3.97. The normalized spacial score (nSPS) is 17.2. The third-order valence-corrected chi connectivity index (χ3v) is 6.31. The lowest BCUT2D eigenvalue weighted by atomic mass is 9.91. The highest BCUT2D eigenvalue weighted by Crippen LogP contribution is 2.26. The van der Waals surface area contributed by atoms with Gasteiger partial charge in [0.05, 0.1) is 11.1 Å². The lowest BCUT2D eigenvalue weighted by Gasteiger charge is -2.30. The van der Waals surface area contributed by atoms with Gasteiger partial charge >= 0.3 is 12.1 Å². The van der Waals surface area contributed by atoms with E-state index in [-0.39, 0.29) is 23.6 Å². The van der Waals surface area contributed by atoms with Gasteiger partial charge in [0.15, 0.2) is 0 Å². The molecule has 8 nitrogen and oxygen atoms in total. The minimum absolute atomic E-state index is 0.0310. The van der Waals surface area contributed by atoms with Gasteiger partial charge in [0, 0.05) is 36.0 Å². The van der Waals surface area contributed by atoms with Crippen LogP contribution < -0.4 is 15.5 Å². The molecule has 13 heteroatoms. The zero-order valence-electron chi connectivity index (χ0n) is 20.5. The predicted molar refractivity (Wildman–Crippen MR) is 139 cm³/mol. The van der Waals surface area contributed by atoms with Crippen molar-refractivity contribution in [3.63, 3.8) is 0 Å². The Morgan fingerprint density at radius 1 is 1.03 bits per heavy atom. The molecule has 1 aliphatic rings. The molecule has 3 aromatic rings. The zero-order chi connectivity index (χ0) is 28.0. The average Bonchev–Trinajstić information content (AvgIpc) is 2.84. The predicted octanol–water partition coefficient (Wildman–Crippen LogP) is 5.38. The van der Waals surface area contributed by atoms with Crippen LogP contribution in [0.3, 0.4) is 0 Å². The largest absolute Gasteiger partial charge is 0.490 e. The first-order valence-corrected chi connectivity index (χ1v) is 12.4. The number of nitrogens with zero attached hydrogens (tertiary/aromatic N) is 3. The lowest BCUT2D eigenvalue weighted by molar-refractivity contribution is -0.192. The molecular formula is C25H26BrF4N5O3. The summed E-state index contributed by atoms with van der Waals surface area (Å²) in [4.78, 5) is 32.7. The van der Waals surface area contributed by atoms with Gasteiger partial charge in [0.25, 0.3) is 5.91 Å². The first kappa shape index (κ1) is 29.1. The van der Waals surface area contributed by atoms with Crippen LogP contribution in [0.4, 0.5) is 29.3 Å². The first-order valence-electron chi connectivity index (χ1n) is 11.6. The molecule has 0 spiro atoms. The molecule has 1 aliphatic carbocycles. The first-order chi connectivity index (χ1) is 17.8. The summed E-state index contributed by atoms with van der Waals surface area (Å²) >= 11 is 3.21. The third-order valence-electron chi connectivity index (χ3n) is 5.82. The standard InChI is InChI=1S/C23H25BrFN5O.C2HF3O2/c1-30(2)21-18-5-3-4-6-20(18)28-23(29-21)27-16-10-8-15(9-11-16)26-22(31)17-12-7-14(24)13-19(17)25;3-2(4,5)1(6)7/h3-7,12-13,15-16H,8-11H2,1-2H3,(H,26,31)(H,27,28,29);(H,6,7). The number of anilines is 2. The maximum Gasteiger partial charge on any atom is 0.490 e. The van der Waals surface area contributed by atoms with Crippen LogP contribution in [0.2, 0.25) is 0 Å². The van der Waals surface area contributed by atoms with Gasteiger partial charge in [-0.15, -0.1) is 0 Å². The van der Waals surface area contributed by atoms with Gasteiger partial charge in [-0.25, -0.2) is 14.2 Å². The third kappa shape index (κ3) is 7.76. The molecule has 3 N–H and O–H groups in total. The quantitative estimate of drug-likeness (QED) is 0.338. The number of amides is 1. The van der Waals surface area contributed by atoms with Crippen molar-refractivity contribution >= 4 is 50.5 Å². The summed E-state index contributed by atoms with van der Waals surface area (Å²) in [6.45, 7) is 0. The molecule has 0 unspecified atom stereocenters. The van der Waals surface area contributed by atoms with Gasteiger partial charge in [-0.3, -0.25) is 4.79 Å². The number of carbonyl (C=O) groups is 2. The Bertz CT molecular complexity index is 1300. The van der Waals surface area contributed by atoms with E-state index in [0.717, 1.165) is 42.4 Å². The summed E-state index contributed by atoms with van der Waals surface area (Å²) < 4.78 is 46.4. The molecule has 4 rings (SSSR count). The van der Waals surface area contributed by atoms with Crippen LogP contribution in [0.1, 0.15) is 36.0 Å². The van der Waals surface area contributed by atoms with Crippen molar-refractivity contribution in [3.8, 4) is 0 Å². The number of halogens is 5. The van der Waals surface area contributed by atoms with Crippen molar-refractivity contribution in [1.82, 2.24) is 15.3 Å². The molecule has 0 saturated heterocycles. The van der Waals surface area contributed by atoms with E-state index < -0.39 is 18.0 Å². The highest BCUT2D eigenvalue weighted by molar-refractivity contribution is 9.10. The molecule has 204 valence electrons. The number of benzene rings is 2. The number of carboxylic acids is 1. The number of fused-ring (bicyclic) bond motifs is 1. The Balaban J connectivity index is 0.000000505. The molecule has 1 heterocycles. The smallest absolute Gasteiger partial charge is 0.475 e. The monoisotopic (exact) mass is 599 g/mol. The summed E-state index contributed by atoms with van der Waals surface area (Å²) in [5.41, 5.74) is 0.977. The van der Waals surface area contributed by atoms with Crippen LogP contribution in [0.15, 0.2) is 46.9 Å². The van der Waals surface area contributed by atoms with E-state index in [2.05, 4.69) is 31.5 Å². The second-order valence-corrected chi connectivity index (χ2v) is 9.79. The number of hydrogen-bond acceptors (Lipinski definition) is 6. The minimum Gasteiger partial charge on any atom is -0.475 e. The Morgan fingerprint density at radius 3 is 2.21 bits per heavy atom. The summed E-state index contributed by atoms with van der Waals surface area (Å²) in [5.74, 6) is -2.15. The van der Waals surface area contributed by atoms with E-state index in [4.69, 9.17) is 14.9 Å². The van der Waals surface area contributed by atoms with Gasteiger partial charge in [-0.1, -0.05) is 28.1 Å². The summed E-state index contributed by atoms with van der Waals surface area (Å²) in [7, 11) is 3.95. The Hall–Kier alpha value is -3.48. The van der Waals surface area contributed by atoms with E-state index in [0.29, 0.717) is 10.4 Å². The average molecular weight is 600 g/mol. The molecule has 0 aliphatic heterocycles. The van der Waals surface area contributed by atoms with Crippen LogP contribution in [0, 0.1) is 5.82 Å². The highest BCUT2D eigenvalue weighted by Gasteiger charge is 2.38. The van der Waals surface area contributed by atoms with Gasteiger partial charge in [-0.2, -0.15) is 18.2 Å². The molecular weight excluding hydrogens is 574 g/mol. The Kier molecular flexibility index (Phi) is 9.47. The van der Waals surface area contributed by atoms with Crippen molar-refractivity contribution in [2.45, 2.75) is 43.9 Å². The molecule has 0 bridgehead atoms. The molecule has 2 aromatic carbocycles. The van der Waals surface area contributed by atoms with Gasteiger partial charge in [0.2, 0.25) is 5.95 Å². The maximum atomic E-state index is 14.0. The van der Waals surface area contributed by atoms with Crippen molar-refractivity contribution < 1.29 is 32.3 Å². The fourth-order valence-corrected chi connectivity index (χ4v) is 4.30. The van der Waals surface area contributed by atoms with Crippen LogP contribution in [0.25, 0.3) is 10.9 Å². The molecule has 0 radical (unpaired) electrons. The van der Waals surface area contributed by atoms with E-state index in [1.807, 2.05) is 43.3 Å². The Labute approximate surface area is 224 Å². The zero-order valence-corrected chi connectivity index (χ0v) is 22.1. The SMILES string of the molecule is CN(C)c1nc(NC2CCC(NC(=O)c3ccc(Br)cc3F)CC2)nc2ccccc12.O=C(O)C(F)(F)F. The van der Waals surface area contributed by atoms with E-state index in [9.17, 15) is 22.4 Å².